The molecule has 0 spiro atoms. The maximum Gasteiger partial charge on any atom is 0.287 e. The lowest BCUT2D eigenvalue weighted by molar-refractivity contribution is 0.0733. The first-order chi connectivity index (χ1) is 23.6. The van der Waals surface area contributed by atoms with Crippen LogP contribution < -0.4 is 21.5 Å². The van der Waals surface area contributed by atoms with Crippen LogP contribution in [0.25, 0.3) is 21.9 Å². The number of halogens is 2. The molecule has 0 bridgehead atoms. The zero-order chi connectivity index (χ0) is 34.5. The quantitative estimate of drug-likeness (QED) is 0.144. The van der Waals surface area contributed by atoms with Gasteiger partial charge < -0.3 is 24.6 Å². The first-order valence-electron chi connectivity index (χ1n) is 15.5. The van der Waals surface area contributed by atoms with E-state index < -0.39 is 40.9 Å². The highest BCUT2D eigenvalue weighted by Gasteiger charge is 2.28. The molecule has 2 aromatic heterocycles. The van der Waals surface area contributed by atoms with Crippen LogP contribution in [-0.4, -0.2) is 35.1 Å². The van der Waals surface area contributed by atoms with Gasteiger partial charge in [-0.15, -0.1) is 0 Å². The van der Waals surface area contributed by atoms with Gasteiger partial charge in [0.25, 0.3) is 11.8 Å². The second-order valence-corrected chi connectivity index (χ2v) is 12.5. The van der Waals surface area contributed by atoms with Gasteiger partial charge in [0, 0.05) is 28.2 Å². The van der Waals surface area contributed by atoms with Gasteiger partial charge in [0.1, 0.15) is 11.2 Å². The summed E-state index contributed by atoms with van der Waals surface area (Å²) in [4.78, 5) is 52.6. The van der Waals surface area contributed by atoms with E-state index in [2.05, 4.69) is 10.6 Å². The second kappa shape index (κ2) is 14.9. The van der Waals surface area contributed by atoms with Crippen LogP contribution in [-0.2, 0) is 12.8 Å². The number of hydrogen-bond acceptors (Lipinski definition) is 7. The fourth-order valence-corrected chi connectivity index (χ4v) is 6.02. The molecule has 0 radical (unpaired) electrons. The summed E-state index contributed by atoms with van der Waals surface area (Å²) in [6.45, 7) is 0. The fourth-order valence-electron chi connectivity index (χ4n) is 5.68. The maximum absolute atomic E-state index is 13.5. The summed E-state index contributed by atoms with van der Waals surface area (Å²) in [7, 11) is 0. The Morgan fingerprint density at radius 2 is 1.10 bits per heavy atom. The third-order valence-corrected chi connectivity index (χ3v) is 8.56. The van der Waals surface area contributed by atoms with Crippen LogP contribution in [0.4, 0.5) is 0 Å². The van der Waals surface area contributed by atoms with Crippen LogP contribution in [0.5, 0.6) is 0 Å². The van der Waals surface area contributed by atoms with E-state index in [4.69, 9.17) is 32.0 Å². The lowest BCUT2D eigenvalue weighted by Crippen LogP contribution is -2.48. The number of nitrogens with one attached hydrogen (secondary N) is 2. The third-order valence-electron chi connectivity index (χ3n) is 8.09. The lowest BCUT2D eigenvalue weighted by Gasteiger charge is -2.28. The summed E-state index contributed by atoms with van der Waals surface area (Å²) in [6.07, 6.45) is -0.623. The van der Waals surface area contributed by atoms with Crippen molar-refractivity contribution < 1.29 is 23.5 Å². The number of fused-ring (bicyclic) bond motifs is 2. The smallest absolute Gasteiger partial charge is 0.287 e. The Bertz CT molecular complexity index is 2250. The number of rotatable bonds is 11. The highest BCUT2D eigenvalue weighted by molar-refractivity contribution is 6.31. The van der Waals surface area contributed by atoms with Crippen LogP contribution in [0.15, 0.2) is 128 Å². The van der Waals surface area contributed by atoms with E-state index in [-0.39, 0.29) is 46.3 Å². The molecule has 0 aliphatic carbocycles. The Balaban J connectivity index is 1.27. The monoisotopic (exact) mass is 696 g/mol. The first kappa shape index (κ1) is 33.7. The Kier molecular flexibility index (Phi) is 10.2. The molecule has 9 nitrogen and oxygen atoms in total. The van der Waals surface area contributed by atoms with Crippen molar-refractivity contribution in [2.75, 3.05) is 0 Å². The molecular formula is C38H30Cl2N2O7. The zero-order valence-corrected chi connectivity index (χ0v) is 27.4. The van der Waals surface area contributed by atoms with Crippen LogP contribution >= 0.6 is 23.2 Å². The Labute approximate surface area is 290 Å². The van der Waals surface area contributed by atoms with Gasteiger partial charge in [-0.1, -0.05) is 83.9 Å². The molecule has 6 aromatic rings. The molecule has 49 heavy (non-hydrogen) atoms. The fraction of sp³-hybridized carbons (Fsp3) is 0.158. The van der Waals surface area contributed by atoms with Crippen molar-refractivity contribution in [3.63, 3.8) is 0 Å². The molecule has 0 unspecified atom stereocenters. The molecular weight excluding hydrogens is 667 g/mol. The van der Waals surface area contributed by atoms with Crippen LogP contribution in [0.1, 0.15) is 38.7 Å². The Morgan fingerprint density at radius 1 is 0.633 bits per heavy atom. The molecule has 0 aliphatic rings. The molecule has 248 valence electrons. The minimum Gasteiger partial charge on any atom is -0.451 e. The van der Waals surface area contributed by atoms with E-state index in [1.54, 1.807) is 12.1 Å². The van der Waals surface area contributed by atoms with Crippen molar-refractivity contribution in [1.82, 2.24) is 10.6 Å². The molecule has 0 saturated heterocycles. The molecule has 3 atom stereocenters. The summed E-state index contributed by atoms with van der Waals surface area (Å²) in [5.74, 6) is -1.78. The minimum atomic E-state index is -1.19. The van der Waals surface area contributed by atoms with E-state index >= 15 is 0 Å². The first-order valence-corrected chi connectivity index (χ1v) is 16.2. The van der Waals surface area contributed by atoms with Gasteiger partial charge in [0.15, 0.2) is 22.4 Å². The van der Waals surface area contributed by atoms with Gasteiger partial charge >= 0.3 is 0 Å². The van der Waals surface area contributed by atoms with Crippen LogP contribution in [0, 0.1) is 0 Å². The number of carbonyl (C=O) groups excluding carboxylic acids is 2. The van der Waals surface area contributed by atoms with Crippen molar-refractivity contribution in [2.24, 2.45) is 0 Å². The average molecular weight is 698 g/mol. The number of aliphatic hydroxyl groups excluding tert-OH is 1. The molecule has 4 aromatic carbocycles. The van der Waals surface area contributed by atoms with E-state index in [1.807, 2.05) is 60.7 Å². The van der Waals surface area contributed by atoms with E-state index in [9.17, 15) is 24.3 Å². The Hall–Kier alpha value is -5.22. The van der Waals surface area contributed by atoms with Crippen molar-refractivity contribution in [2.45, 2.75) is 37.5 Å². The third kappa shape index (κ3) is 8.26. The second-order valence-electron chi connectivity index (χ2n) is 11.7. The maximum atomic E-state index is 13.5. The summed E-state index contributed by atoms with van der Waals surface area (Å²) < 4.78 is 11.5. The molecule has 2 heterocycles. The van der Waals surface area contributed by atoms with Crippen molar-refractivity contribution >= 4 is 57.0 Å². The van der Waals surface area contributed by atoms with Gasteiger partial charge in [-0.25, -0.2) is 0 Å². The molecule has 3 N–H and O–H groups in total. The molecule has 0 aliphatic heterocycles. The SMILES string of the molecule is O=C(N[C@@H](Cc1ccccc1)C[C@H](O)[C@H](Cc1ccccc1)NC(=O)c1cc(=O)c2cc(Cl)ccc2o1)c1cc(=O)c2cc(Cl)ccc2o1. The zero-order valence-electron chi connectivity index (χ0n) is 25.9. The van der Waals surface area contributed by atoms with Gasteiger partial charge in [-0.05, 0) is 66.8 Å². The highest BCUT2D eigenvalue weighted by atomic mass is 35.5. The van der Waals surface area contributed by atoms with Gasteiger partial charge in [0.2, 0.25) is 0 Å². The van der Waals surface area contributed by atoms with Gasteiger partial charge in [-0.3, -0.25) is 19.2 Å². The molecule has 2 amide bonds. The van der Waals surface area contributed by atoms with E-state index in [0.29, 0.717) is 16.5 Å². The minimum absolute atomic E-state index is 0.00596. The summed E-state index contributed by atoms with van der Waals surface area (Å²) in [6, 6.07) is 28.4. The predicted octanol–water partition coefficient (Wildman–Crippen LogP) is 6.34. The molecule has 0 fully saturated rings. The molecule has 0 saturated carbocycles. The van der Waals surface area contributed by atoms with Crippen molar-refractivity contribution in [3.05, 3.63) is 162 Å². The summed E-state index contributed by atoms with van der Waals surface area (Å²) in [5, 5.41) is 18.6. The topological polar surface area (TPSA) is 139 Å². The van der Waals surface area contributed by atoms with Crippen molar-refractivity contribution in [1.29, 1.82) is 0 Å². The standard InChI is InChI=1S/C38H30Cl2N2O7/c39-24-11-13-33-27(17-24)30(43)20-35(48-33)37(46)41-26(15-22-7-3-1-4-8-22)19-32(45)29(16-23-9-5-2-6-10-23)42-38(47)36-21-31(44)28-18-25(40)12-14-34(28)49-36/h1-14,17-18,20-21,26,29,32,45H,15-16,19H2,(H,41,46)(H,42,47)/t26-,29-,32-/m0/s1. The molecule has 11 heteroatoms. The average Bonchev–Trinajstić information content (AvgIpc) is 3.09. The number of aliphatic hydroxyl groups is 1. The lowest BCUT2D eigenvalue weighted by atomic mass is 9.93. The van der Waals surface area contributed by atoms with Crippen molar-refractivity contribution in [3.8, 4) is 0 Å². The molecule has 6 rings (SSSR count). The number of benzene rings is 4. The van der Waals surface area contributed by atoms with E-state index in [1.165, 1.54) is 24.3 Å². The summed E-state index contributed by atoms with van der Waals surface area (Å²) >= 11 is 12.1. The van der Waals surface area contributed by atoms with Gasteiger partial charge in [0.05, 0.1) is 22.9 Å². The summed E-state index contributed by atoms with van der Waals surface area (Å²) in [5.41, 5.74) is 1.25. The predicted molar refractivity (Wildman–Crippen MR) is 188 cm³/mol. The Morgan fingerprint density at radius 3 is 1.61 bits per heavy atom. The van der Waals surface area contributed by atoms with E-state index in [0.717, 1.165) is 23.3 Å². The van der Waals surface area contributed by atoms with Crippen LogP contribution in [0.2, 0.25) is 10.0 Å². The highest BCUT2D eigenvalue weighted by Crippen LogP contribution is 2.21. The van der Waals surface area contributed by atoms with Crippen LogP contribution in [0.3, 0.4) is 0 Å². The number of hydrogen-bond donors (Lipinski definition) is 3. The largest absolute Gasteiger partial charge is 0.451 e. The number of carbonyl (C=O) groups is 2. The normalized spacial score (nSPS) is 13.1. The number of amides is 2. The van der Waals surface area contributed by atoms with Gasteiger partial charge in [-0.2, -0.15) is 0 Å².